The van der Waals surface area contributed by atoms with E-state index in [1.54, 1.807) is 36.5 Å². The van der Waals surface area contributed by atoms with Gasteiger partial charge in [-0.15, -0.1) is 0 Å². The zero-order valence-electron chi connectivity index (χ0n) is 10.3. The van der Waals surface area contributed by atoms with Gasteiger partial charge in [0.1, 0.15) is 11.4 Å². The average molecular weight is 318 g/mol. The second-order valence-electron chi connectivity index (χ2n) is 4.07. The number of rotatable bonds is 3. The first kappa shape index (κ1) is 13.5. The number of halogens is 1. The van der Waals surface area contributed by atoms with E-state index in [1.807, 2.05) is 12.1 Å². The van der Waals surface area contributed by atoms with Crippen molar-refractivity contribution in [2.75, 3.05) is 0 Å². The van der Waals surface area contributed by atoms with Gasteiger partial charge >= 0.3 is 0 Å². The zero-order valence-corrected chi connectivity index (χ0v) is 11.9. The summed E-state index contributed by atoms with van der Waals surface area (Å²) in [5.74, 6) is 0.160. The molecule has 0 amide bonds. The topological polar surface area (TPSA) is 49.7 Å². The summed E-state index contributed by atoms with van der Waals surface area (Å²) in [7, 11) is 0. The Morgan fingerprint density at radius 1 is 1.21 bits per heavy atom. The number of ketones is 1. The second-order valence-corrected chi connectivity index (χ2v) is 4.99. The molecule has 0 bridgehead atoms. The fraction of sp³-hybridized carbons (Fsp3) is 0.0667. The number of phenols is 1. The Morgan fingerprint density at radius 2 is 1.89 bits per heavy atom. The molecule has 0 saturated heterocycles. The first-order chi connectivity index (χ1) is 9.06. The van der Waals surface area contributed by atoms with Gasteiger partial charge in [0.05, 0.1) is 0 Å². The minimum Gasteiger partial charge on any atom is -0.506 e. The van der Waals surface area contributed by atoms with Crippen LogP contribution in [0.1, 0.15) is 22.8 Å². The molecule has 3 nitrogen and oxygen atoms in total. The molecular formula is C15H12BrNO2. The molecule has 0 saturated carbocycles. The second kappa shape index (κ2) is 5.80. The van der Waals surface area contributed by atoms with Crippen LogP contribution < -0.4 is 0 Å². The third-order valence-corrected chi connectivity index (χ3v) is 3.10. The highest BCUT2D eigenvalue weighted by molar-refractivity contribution is 9.10. The van der Waals surface area contributed by atoms with Gasteiger partial charge in [-0.3, -0.25) is 9.79 Å². The van der Waals surface area contributed by atoms with Crippen molar-refractivity contribution in [1.29, 1.82) is 0 Å². The first-order valence-electron chi connectivity index (χ1n) is 5.70. The Morgan fingerprint density at radius 3 is 2.53 bits per heavy atom. The number of carbonyl (C=O) groups is 1. The van der Waals surface area contributed by atoms with Gasteiger partial charge in [-0.2, -0.15) is 0 Å². The Labute approximate surface area is 119 Å². The maximum Gasteiger partial charge on any atom is 0.159 e. The summed E-state index contributed by atoms with van der Waals surface area (Å²) in [5.41, 5.74) is 2.02. The molecule has 2 rings (SSSR count). The van der Waals surface area contributed by atoms with Crippen molar-refractivity contribution in [2.45, 2.75) is 6.92 Å². The number of hydrogen-bond acceptors (Lipinski definition) is 3. The third-order valence-electron chi connectivity index (χ3n) is 2.61. The van der Waals surface area contributed by atoms with Gasteiger partial charge in [-0.05, 0) is 30.7 Å². The van der Waals surface area contributed by atoms with Gasteiger partial charge in [0.2, 0.25) is 0 Å². The van der Waals surface area contributed by atoms with Crippen LogP contribution in [0.3, 0.4) is 0 Å². The van der Waals surface area contributed by atoms with Gasteiger partial charge in [0.15, 0.2) is 5.78 Å². The highest BCUT2D eigenvalue weighted by Crippen LogP contribution is 2.29. The van der Waals surface area contributed by atoms with Crippen LogP contribution >= 0.6 is 15.9 Å². The van der Waals surface area contributed by atoms with Crippen LogP contribution in [0.2, 0.25) is 0 Å². The van der Waals surface area contributed by atoms with Crippen LogP contribution in [0.5, 0.6) is 5.75 Å². The highest BCUT2D eigenvalue weighted by Gasteiger charge is 2.00. The standard InChI is InChI=1S/C15H12BrNO2/c1-10(18)12-4-2-11(3-5-12)9-17-14-8-13(16)6-7-15(14)19/h2-9,19H,1H3. The van der Waals surface area contributed by atoms with Crippen LogP contribution in [-0.4, -0.2) is 17.1 Å². The van der Waals surface area contributed by atoms with Crippen molar-refractivity contribution in [3.8, 4) is 5.75 Å². The van der Waals surface area contributed by atoms with E-state index in [-0.39, 0.29) is 11.5 Å². The molecule has 2 aromatic carbocycles. The quantitative estimate of drug-likeness (QED) is 0.684. The van der Waals surface area contributed by atoms with Crippen LogP contribution in [0, 0.1) is 0 Å². The van der Waals surface area contributed by atoms with Gasteiger partial charge < -0.3 is 5.11 Å². The predicted molar refractivity (Wildman–Crippen MR) is 79.5 cm³/mol. The minimum atomic E-state index is 0.0353. The van der Waals surface area contributed by atoms with E-state index in [0.29, 0.717) is 11.3 Å². The van der Waals surface area contributed by atoms with E-state index in [0.717, 1.165) is 10.0 Å². The van der Waals surface area contributed by atoms with Crippen LogP contribution in [0.25, 0.3) is 0 Å². The molecule has 0 aliphatic heterocycles. The predicted octanol–water partition coefficient (Wildman–Crippen LogP) is 4.11. The van der Waals surface area contributed by atoms with Crippen LogP contribution in [0.4, 0.5) is 5.69 Å². The third kappa shape index (κ3) is 3.51. The molecule has 0 radical (unpaired) electrons. The molecule has 2 aromatic rings. The van der Waals surface area contributed by atoms with E-state index in [2.05, 4.69) is 20.9 Å². The maximum atomic E-state index is 11.1. The molecule has 0 atom stereocenters. The van der Waals surface area contributed by atoms with Crippen molar-refractivity contribution >= 4 is 33.6 Å². The lowest BCUT2D eigenvalue weighted by molar-refractivity contribution is 0.101. The number of carbonyl (C=O) groups excluding carboxylic acids is 1. The molecule has 1 N–H and O–H groups in total. The maximum absolute atomic E-state index is 11.1. The van der Waals surface area contributed by atoms with Crippen molar-refractivity contribution in [3.63, 3.8) is 0 Å². The fourth-order valence-electron chi connectivity index (χ4n) is 1.55. The van der Waals surface area contributed by atoms with Gasteiger partial charge in [0.25, 0.3) is 0 Å². The Balaban J connectivity index is 2.22. The smallest absolute Gasteiger partial charge is 0.159 e. The molecule has 0 aliphatic rings. The highest BCUT2D eigenvalue weighted by atomic mass is 79.9. The van der Waals surface area contributed by atoms with Crippen LogP contribution in [-0.2, 0) is 0 Å². The SMILES string of the molecule is CC(=O)c1ccc(C=Nc2cc(Br)ccc2O)cc1. The minimum absolute atomic E-state index is 0.0353. The van der Waals surface area contributed by atoms with E-state index in [4.69, 9.17) is 0 Å². The molecule has 96 valence electrons. The molecule has 0 unspecified atom stereocenters. The van der Waals surface area contributed by atoms with E-state index >= 15 is 0 Å². The lowest BCUT2D eigenvalue weighted by atomic mass is 10.1. The lowest BCUT2D eigenvalue weighted by Crippen LogP contribution is -1.91. The summed E-state index contributed by atoms with van der Waals surface area (Å²) in [4.78, 5) is 15.4. The Hall–Kier alpha value is -1.94. The Bertz CT molecular complexity index is 633. The summed E-state index contributed by atoms with van der Waals surface area (Å²) in [6, 6.07) is 12.2. The van der Waals surface area contributed by atoms with Crippen molar-refractivity contribution in [1.82, 2.24) is 0 Å². The number of Topliss-reactive ketones (excluding diaryl/α,β-unsaturated/α-hetero) is 1. The summed E-state index contributed by atoms with van der Waals surface area (Å²) in [6.07, 6.45) is 1.64. The van der Waals surface area contributed by atoms with Crippen LogP contribution in [0.15, 0.2) is 51.9 Å². The van der Waals surface area contributed by atoms with Gasteiger partial charge in [-0.25, -0.2) is 0 Å². The largest absolute Gasteiger partial charge is 0.506 e. The number of aromatic hydroxyl groups is 1. The van der Waals surface area contributed by atoms with Gasteiger partial charge in [0, 0.05) is 16.3 Å². The molecule has 0 fully saturated rings. The summed E-state index contributed by atoms with van der Waals surface area (Å²) < 4.78 is 0.851. The Kier molecular flexibility index (Phi) is 4.12. The first-order valence-corrected chi connectivity index (χ1v) is 6.49. The molecular weight excluding hydrogens is 306 g/mol. The number of phenolic OH excluding ortho intramolecular Hbond substituents is 1. The molecule has 0 heterocycles. The van der Waals surface area contributed by atoms with E-state index < -0.39 is 0 Å². The summed E-state index contributed by atoms with van der Waals surface area (Å²) in [5, 5.41) is 9.65. The number of aliphatic imine (C=N–C) groups is 1. The summed E-state index contributed by atoms with van der Waals surface area (Å²) >= 11 is 3.33. The van der Waals surface area contributed by atoms with E-state index in [9.17, 15) is 9.90 Å². The van der Waals surface area contributed by atoms with Crippen molar-refractivity contribution in [3.05, 3.63) is 58.1 Å². The summed E-state index contributed by atoms with van der Waals surface area (Å²) in [6.45, 7) is 1.53. The molecule has 0 aliphatic carbocycles. The lowest BCUT2D eigenvalue weighted by Gasteiger charge is -2.00. The van der Waals surface area contributed by atoms with Crippen molar-refractivity contribution in [2.24, 2.45) is 4.99 Å². The average Bonchev–Trinajstić information content (AvgIpc) is 2.40. The normalized spacial score (nSPS) is 10.8. The number of nitrogens with zero attached hydrogens (tertiary/aromatic N) is 1. The zero-order chi connectivity index (χ0) is 13.8. The fourth-order valence-corrected chi connectivity index (χ4v) is 1.90. The van der Waals surface area contributed by atoms with Gasteiger partial charge in [-0.1, -0.05) is 40.2 Å². The van der Waals surface area contributed by atoms with E-state index in [1.165, 1.54) is 6.92 Å². The number of hydrogen-bond donors (Lipinski definition) is 1. The number of benzene rings is 2. The molecule has 0 spiro atoms. The molecule has 4 heteroatoms. The monoisotopic (exact) mass is 317 g/mol. The molecule has 0 aromatic heterocycles. The van der Waals surface area contributed by atoms with Crippen molar-refractivity contribution < 1.29 is 9.90 Å². The molecule has 19 heavy (non-hydrogen) atoms.